The Labute approximate surface area is 216 Å². The van der Waals surface area contributed by atoms with E-state index in [2.05, 4.69) is 4.98 Å². The van der Waals surface area contributed by atoms with E-state index in [1.54, 1.807) is 32.0 Å². The van der Waals surface area contributed by atoms with E-state index in [-0.39, 0.29) is 5.75 Å². The highest BCUT2D eigenvalue weighted by Gasteiger charge is 2.57. The fourth-order valence-corrected chi connectivity index (χ4v) is 5.61. The first-order valence-corrected chi connectivity index (χ1v) is 13.4. The number of halogens is 2. The van der Waals surface area contributed by atoms with Crippen molar-refractivity contribution < 1.29 is 46.9 Å². The lowest BCUT2D eigenvalue weighted by atomic mass is 9.95. The number of carbonyl (C=O) groups is 1. The number of benzene rings is 1. The predicted molar refractivity (Wildman–Crippen MR) is 130 cm³/mol. The highest BCUT2D eigenvalue weighted by Crippen LogP contribution is 2.51. The van der Waals surface area contributed by atoms with Crippen molar-refractivity contribution in [2.45, 2.75) is 50.9 Å². The zero-order valence-corrected chi connectivity index (χ0v) is 21.8. The summed E-state index contributed by atoms with van der Waals surface area (Å²) < 4.78 is 63.8. The summed E-state index contributed by atoms with van der Waals surface area (Å²) in [5.74, 6) is -3.30. The Hall–Kier alpha value is -2.90. The smallest absolute Gasteiger partial charge is 0.380 e. The van der Waals surface area contributed by atoms with E-state index in [0.29, 0.717) is 10.8 Å². The van der Waals surface area contributed by atoms with E-state index in [9.17, 15) is 33.1 Å². The third-order valence-electron chi connectivity index (χ3n) is 5.67. The van der Waals surface area contributed by atoms with Crippen molar-refractivity contribution in [1.82, 2.24) is 9.55 Å². The van der Waals surface area contributed by atoms with Gasteiger partial charge in [0, 0.05) is 0 Å². The van der Waals surface area contributed by atoms with Crippen molar-refractivity contribution in [3.63, 3.8) is 0 Å². The van der Waals surface area contributed by atoms with Gasteiger partial charge in [-0.2, -0.15) is 4.98 Å². The van der Waals surface area contributed by atoms with Gasteiger partial charge in [-0.25, -0.2) is 18.1 Å². The number of alkyl halides is 1. The third kappa shape index (κ3) is 6.56. The second-order valence-electron chi connectivity index (χ2n) is 9.14. The first kappa shape index (κ1) is 29.7. The molecule has 0 amide bonds. The number of aliphatic hydroxyl groups is 2. The number of rotatable bonds is 11. The monoisotopic (exact) mass is 561 g/mol. The summed E-state index contributed by atoms with van der Waals surface area (Å²) in [6.45, 7) is 2.43. The number of nitrogen functional groups attached to an aromatic ring is 1. The number of para-hydroxylation sites is 1. The molecule has 1 aromatic carbocycles. The Bertz CT molecular complexity index is 1230. The van der Waals surface area contributed by atoms with Gasteiger partial charge in [-0.3, -0.25) is 13.9 Å². The number of esters is 1. The van der Waals surface area contributed by atoms with E-state index in [4.69, 9.17) is 24.3 Å². The van der Waals surface area contributed by atoms with Crippen LogP contribution >= 0.6 is 7.60 Å². The number of aromatic nitrogens is 2. The van der Waals surface area contributed by atoms with Crippen LogP contribution in [-0.2, 0) is 23.4 Å². The SMILES string of the molecule is CC(C)OC(=O)[C@H](C)C[P@@](=O)(OC[C@H]1O[C@@H](n2cc(F)c(N)nc2=O)C(O)(CF)[C@H]1O)Oc1ccccc1. The van der Waals surface area contributed by atoms with Gasteiger partial charge in [-0.15, -0.1) is 0 Å². The van der Waals surface area contributed by atoms with Crippen LogP contribution in [0.4, 0.5) is 14.6 Å². The lowest BCUT2D eigenvalue weighted by molar-refractivity contribution is -0.151. The first-order valence-electron chi connectivity index (χ1n) is 11.6. The van der Waals surface area contributed by atoms with E-state index in [1.165, 1.54) is 19.1 Å². The summed E-state index contributed by atoms with van der Waals surface area (Å²) in [4.78, 5) is 27.8. The molecule has 2 heterocycles. The molecule has 0 spiro atoms. The van der Waals surface area contributed by atoms with Crippen molar-refractivity contribution in [3.8, 4) is 5.75 Å². The minimum Gasteiger partial charge on any atom is -0.463 e. The second kappa shape index (κ2) is 11.9. The molecule has 210 valence electrons. The Morgan fingerprint density at radius 2 is 1.97 bits per heavy atom. The van der Waals surface area contributed by atoms with Gasteiger partial charge >= 0.3 is 19.3 Å². The van der Waals surface area contributed by atoms with Crippen LogP contribution in [0, 0.1) is 11.7 Å². The maximum Gasteiger partial charge on any atom is 0.380 e. The Morgan fingerprint density at radius 3 is 2.58 bits per heavy atom. The van der Waals surface area contributed by atoms with Gasteiger partial charge in [0.25, 0.3) is 0 Å². The lowest BCUT2D eigenvalue weighted by Crippen LogP contribution is -2.50. The zero-order valence-electron chi connectivity index (χ0n) is 20.9. The predicted octanol–water partition coefficient (Wildman–Crippen LogP) is 1.80. The van der Waals surface area contributed by atoms with Crippen LogP contribution in [0.3, 0.4) is 0 Å². The summed E-state index contributed by atoms with van der Waals surface area (Å²) in [5.41, 5.74) is 1.37. The third-order valence-corrected chi connectivity index (χ3v) is 7.70. The summed E-state index contributed by atoms with van der Waals surface area (Å²) in [6.07, 6.45) is -5.80. The largest absolute Gasteiger partial charge is 0.463 e. The maximum absolute atomic E-state index is 14.0. The van der Waals surface area contributed by atoms with E-state index in [1.807, 2.05) is 0 Å². The van der Waals surface area contributed by atoms with E-state index < -0.39 is 86.4 Å². The van der Waals surface area contributed by atoms with Gasteiger partial charge in [0.05, 0.1) is 31.0 Å². The molecule has 1 saturated heterocycles. The van der Waals surface area contributed by atoms with Gasteiger partial charge in [0.1, 0.15) is 24.6 Å². The highest BCUT2D eigenvalue weighted by atomic mass is 31.2. The summed E-state index contributed by atoms with van der Waals surface area (Å²) in [7, 11) is -4.16. The Morgan fingerprint density at radius 1 is 1.32 bits per heavy atom. The number of nitrogens with two attached hydrogens (primary N) is 1. The molecule has 0 bridgehead atoms. The van der Waals surface area contributed by atoms with Crippen molar-refractivity contribution >= 4 is 19.4 Å². The van der Waals surface area contributed by atoms with Crippen LogP contribution in [-0.4, -0.2) is 69.1 Å². The van der Waals surface area contributed by atoms with E-state index >= 15 is 0 Å². The molecule has 3 rings (SSSR count). The molecular formula is C23H30F2N3O9P. The Balaban J connectivity index is 1.84. The normalized spacial score (nSPS) is 25.6. The van der Waals surface area contributed by atoms with Crippen LogP contribution in [0.15, 0.2) is 41.3 Å². The van der Waals surface area contributed by atoms with Gasteiger partial charge in [-0.1, -0.05) is 25.1 Å². The molecular weight excluding hydrogens is 531 g/mol. The van der Waals surface area contributed by atoms with Gasteiger partial charge in [0.15, 0.2) is 23.5 Å². The fourth-order valence-electron chi connectivity index (χ4n) is 3.74. The van der Waals surface area contributed by atoms with Crippen molar-refractivity contribution in [2.75, 3.05) is 25.2 Å². The summed E-state index contributed by atoms with van der Waals surface area (Å²) in [6, 6.07) is 7.92. The molecule has 15 heteroatoms. The molecule has 0 saturated carbocycles. The minimum absolute atomic E-state index is 0.154. The quantitative estimate of drug-likeness (QED) is 0.270. The van der Waals surface area contributed by atoms with Gasteiger partial charge in [0.2, 0.25) is 0 Å². The van der Waals surface area contributed by atoms with Gasteiger partial charge in [-0.05, 0) is 26.0 Å². The molecule has 1 aliphatic heterocycles. The van der Waals surface area contributed by atoms with Crippen molar-refractivity contribution in [2.24, 2.45) is 5.92 Å². The number of anilines is 1. The molecule has 38 heavy (non-hydrogen) atoms. The molecule has 2 aromatic rings. The second-order valence-corrected chi connectivity index (χ2v) is 11.2. The van der Waals surface area contributed by atoms with Crippen molar-refractivity contribution in [1.29, 1.82) is 0 Å². The first-order chi connectivity index (χ1) is 17.8. The number of nitrogens with zero attached hydrogens (tertiary/aromatic N) is 2. The number of carbonyl (C=O) groups excluding carboxylic acids is 1. The molecule has 0 radical (unpaired) electrons. The van der Waals surface area contributed by atoms with Crippen LogP contribution in [0.5, 0.6) is 5.75 Å². The van der Waals surface area contributed by atoms with Crippen LogP contribution in [0.25, 0.3) is 0 Å². The molecule has 6 atom stereocenters. The van der Waals surface area contributed by atoms with Crippen LogP contribution < -0.4 is 15.9 Å². The van der Waals surface area contributed by atoms with Crippen LogP contribution in [0.2, 0.25) is 0 Å². The lowest BCUT2D eigenvalue weighted by Gasteiger charge is -2.28. The van der Waals surface area contributed by atoms with Crippen LogP contribution in [0.1, 0.15) is 27.0 Å². The van der Waals surface area contributed by atoms with Crippen molar-refractivity contribution in [3.05, 3.63) is 52.8 Å². The molecule has 4 N–H and O–H groups in total. The average Bonchev–Trinajstić information content (AvgIpc) is 3.10. The maximum atomic E-state index is 14.0. The molecule has 1 unspecified atom stereocenters. The number of hydrogen-bond donors (Lipinski definition) is 3. The summed E-state index contributed by atoms with van der Waals surface area (Å²) >= 11 is 0. The molecule has 1 aliphatic rings. The zero-order chi connectivity index (χ0) is 28.3. The molecule has 12 nitrogen and oxygen atoms in total. The average molecular weight is 561 g/mol. The number of hydrogen-bond acceptors (Lipinski definition) is 11. The highest BCUT2D eigenvalue weighted by molar-refractivity contribution is 7.54. The van der Waals surface area contributed by atoms with Gasteiger partial charge < -0.3 is 29.9 Å². The molecule has 1 fully saturated rings. The number of aliphatic hydroxyl groups excluding tert-OH is 1. The Kier molecular flexibility index (Phi) is 9.26. The molecule has 0 aliphatic carbocycles. The fraction of sp³-hybridized carbons (Fsp3) is 0.522. The molecule has 1 aromatic heterocycles. The topological polar surface area (TPSA) is 172 Å². The minimum atomic E-state index is -4.16. The number of ether oxygens (including phenoxy) is 2. The standard InChI is InChI=1S/C23H30F2N3O9P/c1-13(2)35-20(30)14(3)11-38(33,37-15-7-5-4-6-8-15)34-10-17-18(29)23(32,12-24)21(36-17)28-9-16(25)19(26)27-22(28)31/h4-9,13-14,17-18,21,29,32H,10-12H2,1-3H3,(H2,26,27,31)/t14-,17-,18+,21-,23?,38-/m1/s1. The van der Waals surface area contributed by atoms with E-state index in [0.717, 1.165) is 0 Å². The summed E-state index contributed by atoms with van der Waals surface area (Å²) in [5, 5.41) is 21.5.